The van der Waals surface area contributed by atoms with Crippen molar-refractivity contribution in [1.29, 1.82) is 0 Å². The molecule has 2 rings (SSSR count). The molecule has 0 amide bonds. The molecule has 0 spiro atoms. The van der Waals surface area contributed by atoms with Crippen LogP contribution >= 0.6 is 0 Å². The van der Waals surface area contributed by atoms with Gasteiger partial charge in [-0.2, -0.15) is 5.10 Å². The van der Waals surface area contributed by atoms with E-state index in [2.05, 4.69) is 5.10 Å². The lowest BCUT2D eigenvalue weighted by molar-refractivity contribution is 0.305. The molecule has 0 radical (unpaired) electrons. The minimum atomic E-state index is 0.442. The summed E-state index contributed by atoms with van der Waals surface area (Å²) in [6.07, 6.45) is 3.75. The van der Waals surface area contributed by atoms with Gasteiger partial charge in [-0.1, -0.05) is 0 Å². The van der Waals surface area contributed by atoms with Gasteiger partial charge in [0.05, 0.1) is 19.0 Å². The van der Waals surface area contributed by atoms with E-state index in [1.165, 1.54) is 0 Å². The van der Waals surface area contributed by atoms with Gasteiger partial charge in [0.2, 0.25) is 0 Å². The average molecular weight is 247 g/mol. The molecule has 0 aliphatic heterocycles. The standard InChI is InChI=1S/C13H17N3O2/c1-3-16-8-10(7-15-16)9-18-13-6-11(17-2)4-5-12(13)14/h4-8H,3,9,14H2,1-2H3. The molecule has 0 fully saturated rings. The lowest BCUT2D eigenvalue weighted by Crippen LogP contribution is -1.99. The van der Waals surface area contributed by atoms with Gasteiger partial charge in [-0.25, -0.2) is 0 Å². The van der Waals surface area contributed by atoms with Crippen LogP contribution < -0.4 is 15.2 Å². The highest BCUT2D eigenvalue weighted by Gasteiger charge is 2.04. The molecule has 1 heterocycles. The molecular weight excluding hydrogens is 230 g/mol. The van der Waals surface area contributed by atoms with Crippen molar-refractivity contribution in [1.82, 2.24) is 9.78 Å². The Labute approximate surface area is 106 Å². The lowest BCUT2D eigenvalue weighted by atomic mass is 10.3. The minimum absolute atomic E-state index is 0.442. The number of benzene rings is 1. The summed E-state index contributed by atoms with van der Waals surface area (Å²) in [5, 5.41) is 4.18. The van der Waals surface area contributed by atoms with E-state index >= 15 is 0 Å². The van der Waals surface area contributed by atoms with Crippen molar-refractivity contribution in [2.75, 3.05) is 12.8 Å². The molecule has 0 saturated carbocycles. The predicted molar refractivity (Wildman–Crippen MR) is 69.6 cm³/mol. The minimum Gasteiger partial charge on any atom is -0.497 e. The number of hydrogen-bond donors (Lipinski definition) is 1. The summed E-state index contributed by atoms with van der Waals surface area (Å²) in [6.45, 7) is 3.33. The first-order chi connectivity index (χ1) is 8.72. The maximum atomic E-state index is 5.84. The highest BCUT2D eigenvalue weighted by molar-refractivity contribution is 5.55. The van der Waals surface area contributed by atoms with E-state index in [-0.39, 0.29) is 0 Å². The zero-order valence-electron chi connectivity index (χ0n) is 10.6. The van der Waals surface area contributed by atoms with E-state index in [1.807, 2.05) is 17.8 Å². The van der Waals surface area contributed by atoms with Crippen LogP contribution in [0.5, 0.6) is 11.5 Å². The number of ether oxygens (including phenoxy) is 2. The van der Waals surface area contributed by atoms with Crippen LogP contribution in [0.4, 0.5) is 5.69 Å². The Balaban J connectivity index is 2.05. The fourth-order valence-corrected chi connectivity index (χ4v) is 1.58. The van der Waals surface area contributed by atoms with Crippen LogP contribution in [-0.4, -0.2) is 16.9 Å². The van der Waals surface area contributed by atoms with Crippen LogP contribution in [0.2, 0.25) is 0 Å². The Morgan fingerprint density at radius 1 is 1.39 bits per heavy atom. The van der Waals surface area contributed by atoms with E-state index < -0.39 is 0 Å². The Morgan fingerprint density at radius 3 is 2.89 bits per heavy atom. The summed E-state index contributed by atoms with van der Waals surface area (Å²) in [5.74, 6) is 1.35. The van der Waals surface area contributed by atoms with Crippen molar-refractivity contribution in [3.63, 3.8) is 0 Å². The van der Waals surface area contributed by atoms with Crippen LogP contribution in [0, 0.1) is 0 Å². The smallest absolute Gasteiger partial charge is 0.146 e. The second-order valence-corrected chi connectivity index (χ2v) is 3.90. The SMILES string of the molecule is CCn1cc(COc2cc(OC)ccc2N)cn1. The Hall–Kier alpha value is -2.17. The number of nitrogens with two attached hydrogens (primary N) is 1. The highest BCUT2D eigenvalue weighted by Crippen LogP contribution is 2.27. The van der Waals surface area contributed by atoms with Crippen molar-refractivity contribution in [3.05, 3.63) is 36.2 Å². The van der Waals surface area contributed by atoms with Gasteiger partial charge >= 0.3 is 0 Å². The number of rotatable bonds is 5. The second kappa shape index (κ2) is 5.44. The highest BCUT2D eigenvalue weighted by atomic mass is 16.5. The molecule has 0 unspecified atom stereocenters. The van der Waals surface area contributed by atoms with Gasteiger partial charge in [-0.05, 0) is 19.1 Å². The largest absolute Gasteiger partial charge is 0.497 e. The van der Waals surface area contributed by atoms with Crippen molar-refractivity contribution in [3.8, 4) is 11.5 Å². The van der Waals surface area contributed by atoms with Gasteiger partial charge in [-0.15, -0.1) is 0 Å². The van der Waals surface area contributed by atoms with Gasteiger partial charge < -0.3 is 15.2 Å². The van der Waals surface area contributed by atoms with Gasteiger partial charge in [0, 0.05) is 24.4 Å². The molecule has 1 aromatic heterocycles. The Kier molecular flexibility index (Phi) is 3.72. The second-order valence-electron chi connectivity index (χ2n) is 3.90. The lowest BCUT2D eigenvalue weighted by Gasteiger charge is -2.09. The third kappa shape index (κ3) is 2.74. The zero-order valence-corrected chi connectivity index (χ0v) is 10.6. The van der Waals surface area contributed by atoms with Crippen LogP contribution in [-0.2, 0) is 13.2 Å². The first kappa shape index (κ1) is 12.3. The third-order valence-corrected chi connectivity index (χ3v) is 2.63. The quantitative estimate of drug-likeness (QED) is 0.822. The van der Waals surface area contributed by atoms with Crippen molar-refractivity contribution in [2.24, 2.45) is 0 Å². The summed E-state index contributed by atoms with van der Waals surface area (Å²) in [4.78, 5) is 0. The van der Waals surface area contributed by atoms with Crippen molar-refractivity contribution >= 4 is 5.69 Å². The molecular formula is C13H17N3O2. The molecule has 5 nitrogen and oxygen atoms in total. The van der Waals surface area contributed by atoms with Crippen LogP contribution in [0.3, 0.4) is 0 Å². The maximum absolute atomic E-state index is 5.84. The fourth-order valence-electron chi connectivity index (χ4n) is 1.58. The van der Waals surface area contributed by atoms with Gasteiger partial charge in [0.15, 0.2) is 0 Å². The predicted octanol–water partition coefficient (Wildman–Crippen LogP) is 2.07. The summed E-state index contributed by atoms with van der Waals surface area (Å²) in [5.41, 5.74) is 7.45. The molecule has 2 N–H and O–H groups in total. The first-order valence-corrected chi connectivity index (χ1v) is 5.80. The molecule has 0 bridgehead atoms. The topological polar surface area (TPSA) is 62.3 Å². The Morgan fingerprint density at radius 2 is 2.22 bits per heavy atom. The van der Waals surface area contributed by atoms with Gasteiger partial charge in [-0.3, -0.25) is 4.68 Å². The van der Waals surface area contributed by atoms with E-state index in [0.29, 0.717) is 18.0 Å². The van der Waals surface area contributed by atoms with Gasteiger partial charge in [0.1, 0.15) is 18.1 Å². The van der Waals surface area contributed by atoms with E-state index in [1.54, 1.807) is 31.5 Å². The number of hydrogen-bond acceptors (Lipinski definition) is 4. The number of nitrogens with zero attached hydrogens (tertiary/aromatic N) is 2. The summed E-state index contributed by atoms with van der Waals surface area (Å²) < 4.78 is 12.7. The van der Waals surface area contributed by atoms with Gasteiger partial charge in [0.25, 0.3) is 0 Å². The first-order valence-electron chi connectivity index (χ1n) is 5.80. The monoisotopic (exact) mass is 247 g/mol. The molecule has 0 aliphatic rings. The number of aromatic nitrogens is 2. The molecule has 5 heteroatoms. The zero-order chi connectivity index (χ0) is 13.0. The Bertz CT molecular complexity index is 523. The number of methoxy groups -OCH3 is 1. The fraction of sp³-hybridized carbons (Fsp3) is 0.308. The van der Waals surface area contributed by atoms with Crippen molar-refractivity contribution in [2.45, 2.75) is 20.1 Å². The number of aryl methyl sites for hydroxylation is 1. The molecule has 0 aliphatic carbocycles. The van der Waals surface area contributed by atoms with E-state index in [4.69, 9.17) is 15.2 Å². The molecule has 2 aromatic rings. The number of nitrogen functional groups attached to an aromatic ring is 1. The van der Waals surface area contributed by atoms with E-state index in [9.17, 15) is 0 Å². The molecule has 0 saturated heterocycles. The number of anilines is 1. The average Bonchev–Trinajstić information content (AvgIpc) is 2.86. The van der Waals surface area contributed by atoms with Crippen LogP contribution in [0.15, 0.2) is 30.6 Å². The van der Waals surface area contributed by atoms with Crippen molar-refractivity contribution < 1.29 is 9.47 Å². The van der Waals surface area contributed by atoms with E-state index in [0.717, 1.165) is 17.9 Å². The summed E-state index contributed by atoms with van der Waals surface area (Å²) in [6, 6.07) is 5.35. The maximum Gasteiger partial charge on any atom is 0.146 e. The third-order valence-electron chi connectivity index (χ3n) is 2.63. The van der Waals surface area contributed by atoms with Crippen LogP contribution in [0.25, 0.3) is 0 Å². The normalized spacial score (nSPS) is 10.3. The summed E-state index contributed by atoms with van der Waals surface area (Å²) >= 11 is 0. The van der Waals surface area contributed by atoms with Crippen LogP contribution in [0.1, 0.15) is 12.5 Å². The molecule has 1 aromatic carbocycles. The molecule has 18 heavy (non-hydrogen) atoms. The summed E-state index contributed by atoms with van der Waals surface area (Å²) in [7, 11) is 1.61. The molecule has 96 valence electrons. The molecule has 0 atom stereocenters.